The van der Waals surface area contributed by atoms with E-state index in [0.29, 0.717) is 18.0 Å². The van der Waals surface area contributed by atoms with Crippen molar-refractivity contribution >= 4 is 5.69 Å². The average Bonchev–Trinajstić information content (AvgIpc) is 2.43. The topological polar surface area (TPSA) is 47.3 Å². The van der Waals surface area contributed by atoms with Crippen LogP contribution in [0.15, 0.2) is 18.2 Å². The first kappa shape index (κ1) is 15.1. The summed E-state index contributed by atoms with van der Waals surface area (Å²) in [6, 6.07) is 4.76. The van der Waals surface area contributed by atoms with Gasteiger partial charge in [0.15, 0.2) is 0 Å². The molecule has 2 rings (SSSR count). The Bertz CT molecular complexity index is 476. The number of anilines is 1. The summed E-state index contributed by atoms with van der Waals surface area (Å²) < 4.78 is 19.2. The van der Waals surface area contributed by atoms with Gasteiger partial charge in [0.2, 0.25) is 0 Å². The van der Waals surface area contributed by atoms with Crippen LogP contribution in [0.2, 0.25) is 0 Å². The molecule has 1 aromatic carbocycles. The van der Waals surface area contributed by atoms with Crippen molar-refractivity contribution in [3.8, 4) is 5.75 Å². The Hall–Kier alpha value is -1.29. The zero-order valence-electron chi connectivity index (χ0n) is 12.6. The van der Waals surface area contributed by atoms with Gasteiger partial charge in [-0.2, -0.15) is 0 Å². The number of benzene rings is 1. The van der Waals surface area contributed by atoms with Crippen LogP contribution in [0.1, 0.15) is 39.5 Å². The minimum atomic E-state index is -0.265. The van der Waals surface area contributed by atoms with E-state index >= 15 is 0 Å². The molecule has 20 heavy (non-hydrogen) atoms. The fourth-order valence-corrected chi connectivity index (χ4v) is 3.22. The lowest BCUT2D eigenvalue weighted by Crippen LogP contribution is -2.58. The van der Waals surface area contributed by atoms with E-state index in [2.05, 4.69) is 19.2 Å². The maximum atomic E-state index is 14.1. The van der Waals surface area contributed by atoms with Gasteiger partial charge in [0.25, 0.3) is 0 Å². The summed E-state index contributed by atoms with van der Waals surface area (Å²) in [6.07, 6.45) is 4.40. The van der Waals surface area contributed by atoms with Gasteiger partial charge in [-0.15, -0.1) is 0 Å². The van der Waals surface area contributed by atoms with Gasteiger partial charge in [0.05, 0.1) is 18.3 Å². The second-order valence-corrected chi connectivity index (χ2v) is 6.35. The number of nitrogens with two attached hydrogens (primary N) is 1. The second kappa shape index (κ2) is 5.60. The zero-order chi connectivity index (χ0) is 14.8. The van der Waals surface area contributed by atoms with Gasteiger partial charge >= 0.3 is 0 Å². The maximum absolute atomic E-state index is 14.1. The molecule has 0 saturated heterocycles. The third-order valence-corrected chi connectivity index (χ3v) is 4.85. The Kier molecular flexibility index (Phi) is 4.23. The highest BCUT2D eigenvalue weighted by molar-refractivity contribution is 5.52. The van der Waals surface area contributed by atoms with Gasteiger partial charge in [0.1, 0.15) is 11.6 Å². The Morgan fingerprint density at radius 2 is 2.00 bits per heavy atom. The van der Waals surface area contributed by atoms with Crippen molar-refractivity contribution in [2.24, 2.45) is 11.1 Å². The van der Waals surface area contributed by atoms with Crippen LogP contribution < -0.4 is 15.8 Å². The van der Waals surface area contributed by atoms with Crippen LogP contribution in [-0.4, -0.2) is 19.2 Å². The molecule has 3 N–H and O–H groups in total. The van der Waals surface area contributed by atoms with Gasteiger partial charge < -0.3 is 15.8 Å². The Morgan fingerprint density at radius 3 is 2.60 bits per heavy atom. The molecule has 1 unspecified atom stereocenters. The standard InChI is InChI=1S/C16H25FN2O/c1-15(2)8-4-5-9-16(15,11-18)19-14-10-12(20-3)6-7-13(14)17/h6-7,10,19H,4-5,8-9,11,18H2,1-3H3. The molecular formula is C16H25FN2O. The molecule has 0 bridgehead atoms. The smallest absolute Gasteiger partial charge is 0.146 e. The van der Waals surface area contributed by atoms with Crippen molar-refractivity contribution in [1.29, 1.82) is 0 Å². The van der Waals surface area contributed by atoms with E-state index in [1.54, 1.807) is 19.2 Å². The van der Waals surface area contributed by atoms with Crippen molar-refractivity contribution in [2.45, 2.75) is 45.1 Å². The maximum Gasteiger partial charge on any atom is 0.146 e. The van der Waals surface area contributed by atoms with Crippen molar-refractivity contribution in [2.75, 3.05) is 19.0 Å². The molecule has 0 spiro atoms. The molecule has 1 aliphatic rings. The summed E-state index contributed by atoms with van der Waals surface area (Å²) in [5.41, 5.74) is 6.31. The van der Waals surface area contributed by atoms with Crippen molar-refractivity contribution in [3.05, 3.63) is 24.0 Å². The monoisotopic (exact) mass is 280 g/mol. The number of halogens is 1. The molecule has 3 nitrogen and oxygen atoms in total. The second-order valence-electron chi connectivity index (χ2n) is 6.35. The molecule has 0 amide bonds. The lowest BCUT2D eigenvalue weighted by molar-refractivity contribution is 0.124. The third-order valence-electron chi connectivity index (χ3n) is 4.85. The van der Waals surface area contributed by atoms with Crippen LogP contribution in [0.3, 0.4) is 0 Å². The molecule has 0 aliphatic heterocycles. The van der Waals surface area contributed by atoms with Crippen LogP contribution in [0.25, 0.3) is 0 Å². The molecule has 0 aromatic heterocycles. The fraction of sp³-hybridized carbons (Fsp3) is 0.625. The number of hydrogen-bond donors (Lipinski definition) is 2. The van der Waals surface area contributed by atoms with Gasteiger partial charge in [0, 0.05) is 12.6 Å². The minimum Gasteiger partial charge on any atom is -0.497 e. The summed E-state index contributed by atoms with van der Waals surface area (Å²) in [7, 11) is 1.58. The first-order valence-electron chi connectivity index (χ1n) is 7.26. The number of nitrogens with one attached hydrogen (secondary N) is 1. The lowest BCUT2D eigenvalue weighted by Gasteiger charge is -2.51. The minimum absolute atomic E-state index is 0.0372. The first-order valence-corrected chi connectivity index (χ1v) is 7.26. The summed E-state index contributed by atoms with van der Waals surface area (Å²) >= 11 is 0. The van der Waals surface area contributed by atoms with Crippen LogP contribution in [-0.2, 0) is 0 Å². The molecule has 1 aliphatic carbocycles. The first-order chi connectivity index (χ1) is 9.44. The van der Waals surface area contributed by atoms with Crippen LogP contribution in [0, 0.1) is 11.2 Å². The van der Waals surface area contributed by atoms with E-state index in [0.717, 1.165) is 19.3 Å². The van der Waals surface area contributed by atoms with Gasteiger partial charge in [-0.05, 0) is 30.4 Å². The predicted octanol–water partition coefficient (Wildman–Crippen LogP) is 3.54. The molecule has 1 saturated carbocycles. The van der Waals surface area contributed by atoms with E-state index in [9.17, 15) is 4.39 Å². The number of rotatable bonds is 4. The Balaban J connectivity index is 2.34. The summed E-state index contributed by atoms with van der Waals surface area (Å²) in [4.78, 5) is 0. The normalized spacial score (nSPS) is 25.2. The van der Waals surface area contributed by atoms with Crippen molar-refractivity contribution < 1.29 is 9.13 Å². The number of ether oxygens (including phenoxy) is 1. The summed E-state index contributed by atoms with van der Waals surface area (Å²) in [6.45, 7) is 4.92. The molecule has 0 heterocycles. The Labute approximate surface area is 120 Å². The van der Waals surface area contributed by atoms with E-state index in [-0.39, 0.29) is 16.8 Å². The quantitative estimate of drug-likeness (QED) is 0.886. The van der Waals surface area contributed by atoms with E-state index in [4.69, 9.17) is 10.5 Å². The van der Waals surface area contributed by atoms with Gasteiger partial charge in [-0.3, -0.25) is 0 Å². The van der Waals surface area contributed by atoms with Crippen molar-refractivity contribution in [3.63, 3.8) is 0 Å². The van der Waals surface area contributed by atoms with E-state index < -0.39 is 0 Å². The van der Waals surface area contributed by atoms with E-state index in [1.807, 2.05) is 0 Å². The van der Waals surface area contributed by atoms with Crippen LogP contribution in [0.5, 0.6) is 5.75 Å². The molecule has 0 radical (unpaired) electrons. The lowest BCUT2D eigenvalue weighted by atomic mass is 9.63. The number of methoxy groups -OCH3 is 1. The highest BCUT2D eigenvalue weighted by Crippen LogP contribution is 2.45. The summed E-state index contributed by atoms with van der Waals surface area (Å²) in [5, 5.41) is 3.40. The summed E-state index contributed by atoms with van der Waals surface area (Å²) in [5.74, 6) is 0.384. The van der Waals surface area contributed by atoms with Gasteiger partial charge in [-0.1, -0.05) is 26.7 Å². The number of hydrogen-bond acceptors (Lipinski definition) is 3. The SMILES string of the molecule is COc1ccc(F)c(NC2(CN)CCCCC2(C)C)c1. The molecule has 112 valence electrons. The van der Waals surface area contributed by atoms with Gasteiger partial charge in [-0.25, -0.2) is 4.39 Å². The van der Waals surface area contributed by atoms with Crippen molar-refractivity contribution in [1.82, 2.24) is 0 Å². The van der Waals surface area contributed by atoms with Crippen LogP contribution >= 0.6 is 0 Å². The molecule has 1 atom stereocenters. The highest BCUT2D eigenvalue weighted by Gasteiger charge is 2.45. The molecular weight excluding hydrogens is 255 g/mol. The fourth-order valence-electron chi connectivity index (χ4n) is 3.22. The molecule has 1 fully saturated rings. The van der Waals surface area contributed by atoms with Crippen LogP contribution in [0.4, 0.5) is 10.1 Å². The Morgan fingerprint density at radius 1 is 1.30 bits per heavy atom. The van der Waals surface area contributed by atoms with E-state index in [1.165, 1.54) is 12.5 Å². The predicted molar refractivity (Wildman–Crippen MR) is 80.6 cm³/mol. The third kappa shape index (κ3) is 2.62. The molecule has 1 aromatic rings. The highest BCUT2D eigenvalue weighted by atomic mass is 19.1. The largest absolute Gasteiger partial charge is 0.497 e. The zero-order valence-corrected chi connectivity index (χ0v) is 12.6. The average molecular weight is 280 g/mol. The molecule has 4 heteroatoms.